The van der Waals surface area contributed by atoms with Crippen molar-refractivity contribution in [2.75, 3.05) is 0 Å². The molecule has 0 spiro atoms. The molecule has 2 aliphatic carbocycles. The van der Waals surface area contributed by atoms with Crippen LogP contribution in [0.4, 0.5) is 0 Å². The van der Waals surface area contributed by atoms with E-state index in [0.717, 1.165) is 6.42 Å². The fourth-order valence-electron chi connectivity index (χ4n) is 2.28. The van der Waals surface area contributed by atoms with E-state index in [9.17, 15) is 0 Å². The van der Waals surface area contributed by atoms with E-state index in [0.29, 0.717) is 5.92 Å². The summed E-state index contributed by atoms with van der Waals surface area (Å²) in [5.74, 6) is 0.603. The largest absolute Gasteiger partial charge is 0.325 e. The van der Waals surface area contributed by atoms with Crippen molar-refractivity contribution in [1.82, 2.24) is 0 Å². The molecule has 0 saturated heterocycles. The molecule has 4 N–H and O–H groups in total. The first kappa shape index (κ1) is 8.27. The lowest BCUT2D eigenvalue weighted by molar-refractivity contribution is 0.169. The van der Waals surface area contributed by atoms with E-state index in [1.807, 2.05) is 0 Å². The predicted molar refractivity (Wildman–Crippen MR) is 50.6 cm³/mol. The standard InChI is InChI=1S/C10H18N2/c11-9-4-2-8(3-5-9)10(12)6-1-7-10/h2,4,8-9H,1,3,5-7,11-12H2. The molecule has 12 heavy (non-hydrogen) atoms. The molecule has 2 aliphatic rings. The monoisotopic (exact) mass is 166 g/mol. The molecule has 1 fully saturated rings. The van der Waals surface area contributed by atoms with Crippen molar-refractivity contribution < 1.29 is 0 Å². The Bertz CT molecular complexity index is 194. The van der Waals surface area contributed by atoms with Crippen LogP contribution in [0.5, 0.6) is 0 Å². The number of hydrogen-bond donors (Lipinski definition) is 2. The van der Waals surface area contributed by atoms with E-state index in [-0.39, 0.29) is 11.6 Å². The van der Waals surface area contributed by atoms with Gasteiger partial charge in [0.2, 0.25) is 0 Å². The van der Waals surface area contributed by atoms with Crippen molar-refractivity contribution in [3.8, 4) is 0 Å². The highest BCUT2D eigenvalue weighted by Crippen LogP contribution is 2.40. The second-order valence-electron chi connectivity index (χ2n) is 4.32. The highest BCUT2D eigenvalue weighted by molar-refractivity contribution is 5.11. The van der Waals surface area contributed by atoms with Gasteiger partial charge in [0.05, 0.1) is 0 Å². The Morgan fingerprint density at radius 2 is 1.92 bits per heavy atom. The first-order valence-corrected chi connectivity index (χ1v) is 4.93. The smallest absolute Gasteiger partial charge is 0.0224 e. The third-order valence-corrected chi connectivity index (χ3v) is 3.42. The molecular formula is C10H18N2. The van der Waals surface area contributed by atoms with Crippen molar-refractivity contribution in [2.45, 2.75) is 43.7 Å². The van der Waals surface area contributed by atoms with E-state index in [4.69, 9.17) is 11.5 Å². The molecule has 68 valence electrons. The quantitative estimate of drug-likeness (QED) is 0.574. The van der Waals surface area contributed by atoms with Gasteiger partial charge in [0.15, 0.2) is 0 Å². The van der Waals surface area contributed by atoms with Crippen LogP contribution in [0.25, 0.3) is 0 Å². The Labute approximate surface area is 74.0 Å². The summed E-state index contributed by atoms with van der Waals surface area (Å²) in [6.07, 6.45) is 10.4. The molecule has 2 unspecified atom stereocenters. The van der Waals surface area contributed by atoms with Crippen molar-refractivity contribution >= 4 is 0 Å². The van der Waals surface area contributed by atoms with Crippen LogP contribution in [0.15, 0.2) is 12.2 Å². The summed E-state index contributed by atoms with van der Waals surface area (Å²) < 4.78 is 0. The molecule has 2 nitrogen and oxygen atoms in total. The normalized spacial score (nSPS) is 39.2. The van der Waals surface area contributed by atoms with E-state index in [1.54, 1.807) is 0 Å². The zero-order valence-corrected chi connectivity index (χ0v) is 7.50. The highest BCUT2D eigenvalue weighted by atomic mass is 14.8. The van der Waals surface area contributed by atoms with Crippen molar-refractivity contribution in [3.05, 3.63) is 12.2 Å². The lowest BCUT2D eigenvalue weighted by Gasteiger charge is -2.45. The summed E-state index contributed by atoms with van der Waals surface area (Å²) in [5.41, 5.74) is 12.1. The summed E-state index contributed by atoms with van der Waals surface area (Å²) >= 11 is 0. The lowest BCUT2D eigenvalue weighted by Crippen LogP contribution is -2.53. The predicted octanol–water partition coefficient (Wildman–Crippen LogP) is 1.16. The van der Waals surface area contributed by atoms with E-state index >= 15 is 0 Å². The molecule has 0 aromatic carbocycles. The van der Waals surface area contributed by atoms with Gasteiger partial charge in [0, 0.05) is 11.6 Å². The van der Waals surface area contributed by atoms with Crippen LogP contribution in [-0.2, 0) is 0 Å². The average molecular weight is 166 g/mol. The third kappa shape index (κ3) is 1.29. The number of rotatable bonds is 1. The fourth-order valence-corrected chi connectivity index (χ4v) is 2.28. The lowest BCUT2D eigenvalue weighted by atomic mass is 9.66. The fraction of sp³-hybridized carbons (Fsp3) is 0.800. The molecule has 0 amide bonds. The third-order valence-electron chi connectivity index (χ3n) is 3.42. The van der Waals surface area contributed by atoms with Crippen LogP contribution in [0, 0.1) is 5.92 Å². The van der Waals surface area contributed by atoms with Crippen LogP contribution >= 0.6 is 0 Å². The molecule has 0 bridgehead atoms. The maximum Gasteiger partial charge on any atom is 0.0224 e. The van der Waals surface area contributed by atoms with Crippen molar-refractivity contribution in [2.24, 2.45) is 17.4 Å². The molecule has 1 saturated carbocycles. The zero-order chi connectivity index (χ0) is 8.60. The molecule has 0 radical (unpaired) electrons. The van der Waals surface area contributed by atoms with Crippen molar-refractivity contribution in [3.63, 3.8) is 0 Å². The minimum Gasteiger partial charge on any atom is -0.325 e. The van der Waals surface area contributed by atoms with Crippen LogP contribution in [0.1, 0.15) is 32.1 Å². The Kier molecular flexibility index (Phi) is 1.97. The number of hydrogen-bond acceptors (Lipinski definition) is 2. The van der Waals surface area contributed by atoms with Crippen molar-refractivity contribution in [1.29, 1.82) is 0 Å². The summed E-state index contributed by atoms with van der Waals surface area (Å²) in [6, 6.07) is 0.282. The average Bonchev–Trinajstić information content (AvgIpc) is 2.02. The first-order valence-electron chi connectivity index (χ1n) is 4.93. The van der Waals surface area contributed by atoms with E-state index < -0.39 is 0 Å². The van der Waals surface area contributed by atoms with Gasteiger partial charge < -0.3 is 11.5 Å². The van der Waals surface area contributed by atoms with Gasteiger partial charge in [-0.05, 0) is 38.0 Å². The summed E-state index contributed by atoms with van der Waals surface area (Å²) in [7, 11) is 0. The Balaban J connectivity index is 2.01. The second-order valence-corrected chi connectivity index (χ2v) is 4.32. The van der Waals surface area contributed by atoms with Crippen LogP contribution in [0.3, 0.4) is 0 Å². The number of nitrogens with two attached hydrogens (primary N) is 2. The molecule has 0 heterocycles. The Morgan fingerprint density at radius 1 is 1.17 bits per heavy atom. The van der Waals surface area contributed by atoms with Gasteiger partial charge in [0.25, 0.3) is 0 Å². The second kappa shape index (κ2) is 2.86. The van der Waals surface area contributed by atoms with Gasteiger partial charge in [0.1, 0.15) is 0 Å². The summed E-state index contributed by atoms with van der Waals surface area (Å²) in [6.45, 7) is 0. The van der Waals surface area contributed by atoms with Gasteiger partial charge in [-0.3, -0.25) is 0 Å². The van der Waals surface area contributed by atoms with Gasteiger partial charge in [-0.25, -0.2) is 0 Å². The molecule has 0 aliphatic heterocycles. The SMILES string of the molecule is NC1C=CC(C2(N)CCC2)CC1. The Hall–Kier alpha value is -0.340. The van der Waals surface area contributed by atoms with Gasteiger partial charge in [-0.2, -0.15) is 0 Å². The summed E-state index contributed by atoms with van der Waals surface area (Å²) in [5, 5.41) is 0. The molecule has 2 atom stereocenters. The van der Waals surface area contributed by atoms with Crippen LogP contribution in [-0.4, -0.2) is 11.6 Å². The zero-order valence-electron chi connectivity index (χ0n) is 7.50. The minimum atomic E-state index is 0.136. The maximum absolute atomic E-state index is 6.23. The van der Waals surface area contributed by atoms with Crippen LogP contribution in [0.2, 0.25) is 0 Å². The summed E-state index contributed by atoms with van der Waals surface area (Å²) in [4.78, 5) is 0. The first-order chi connectivity index (χ1) is 5.71. The Morgan fingerprint density at radius 3 is 2.33 bits per heavy atom. The molecule has 2 heteroatoms. The molecule has 2 rings (SSSR count). The minimum absolute atomic E-state index is 0.136. The van der Waals surface area contributed by atoms with Gasteiger partial charge in [-0.15, -0.1) is 0 Å². The van der Waals surface area contributed by atoms with Gasteiger partial charge >= 0.3 is 0 Å². The molecular weight excluding hydrogens is 148 g/mol. The molecule has 0 aromatic rings. The highest BCUT2D eigenvalue weighted by Gasteiger charge is 2.39. The van der Waals surface area contributed by atoms with E-state index in [2.05, 4.69) is 12.2 Å². The topological polar surface area (TPSA) is 52.0 Å². The van der Waals surface area contributed by atoms with Gasteiger partial charge in [-0.1, -0.05) is 12.2 Å². The molecule has 0 aromatic heterocycles. The maximum atomic E-state index is 6.23. The van der Waals surface area contributed by atoms with Crippen LogP contribution < -0.4 is 11.5 Å². The van der Waals surface area contributed by atoms with E-state index in [1.165, 1.54) is 25.7 Å².